The summed E-state index contributed by atoms with van der Waals surface area (Å²) in [6.45, 7) is 2.60. The highest BCUT2D eigenvalue weighted by atomic mass is 35.5. The van der Waals surface area contributed by atoms with Gasteiger partial charge in [0.25, 0.3) is 0 Å². The van der Waals surface area contributed by atoms with Gasteiger partial charge < -0.3 is 14.6 Å². The fourth-order valence-corrected chi connectivity index (χ4v) is 1.79. The second-order valence-corrected chi connectivity index (χ2v) is 3.85. The maximum absolute atomic E-state index is 5.28. The average Bonchev–Trinajstić information content (AvgIpc) is 2.65. The summed E-state index contributed by atoms with van der Waals surface area (Å²) < 4.78 is 10.5. The summed E-state index contributed by atoms with van der Waals surface area (Å²) in [5, 5.41) is 7.23. The lowest BCUT2D eigenvalue weighted by molar-refractivity contribution is 0.192. The summed E-state index contributed by atoms with van der Waals surface area (Å²) in [5.74, 6) is 1.89. The van der Waals surface area contributed by atoms with E-state index in [1.165, 1.54) is 0 Å². The molecule has 0 aliphatic carbocycles. The number of aromatic nitrogens is 2. The fraction of sp³-hybridized carbons (Fsp3) is 0.778. The molecule has 0 bridgehead atoms. The predicted molar refractivity (Wildman–Crippen MR) is 55.1 cm³/mol. The molecule has 2 aliphatic heterocycles. The third kappa shape index (κ3) is 2.00. The van der Waals surface area contributed by atoms with Crippen LogP contribution in [0.25, 0.3) is 0 Å². The molecule has 1 aromatic rings. The largest absolute Gasteiger partial charge is 0.381 e. The third-order valence-electron chi connectivity index (χ3n) is 2.87. The molecular weight excluding hydrogens is 218 g/mol. The number of ether oxygens (including phenoxy) is 1. The molecule has 2 atom stereocenters. The zero-order valence-corrected chi connectivity index (χ0v) is 9.13. The van der Waals surface area contributed by atoms with Crippen molar-refractivity contribution in [2.45, 2.75) is 24.8 Å². The molecule has 0 aromatic carbocycles. The summed E-state index contributed by atoms with van der Waals surface area (Å²) in [4.78, 5) is 4.39. The lowest BCUT2D eigenvalue weighted by Gasteiger charge is -2.23. The standard InChI is InChI=1S/C9H13N3O2.ClH/c1-3-10-7(1)9-11-8(12-14-9)6-2-4-13-5-6;/h6-7,10H,1-5H2;1H/t6?,7-;/m1./s1. The normalized spacial score (nSPS) is 29.6. The van der Waals surface area contributed by atoms with E-state index in [1.807, 2.05) is 0 Å². The maximum Gasteiger partial charge on any atom is 0.243 e. The van der Waals surface area contributed by atoms with Crippen LogP contribution < -0.4 is 5.32 Å². The lowest BCUT2D eigenvalue weighted by atomic mass is 10.1. The van der Waals surface area contributed by atoms with Crippen molar-refractivity contribution >= 4 is 12.4 Å². The number of rotatable bonds is 2. The van der Waals surface area contributed by atoms with Crippen molar-refractivity contribution in [3.63, 3.8) is 0 Å². The molecule has 3 rings (SSSR count). The number of nitrogens with zero attached hydrogens (tertiary/aromatic N) is 2. The highest BCUT2D eigenvalue weighted by molar-refractivity contribution is 5.85. The molecule has 0 spiro atoms. The van der Waals surface area contributed by atoms with Crippen LogP contribution in [0.15, 0.2) is 4.52 Å². The average molecular weight is 232 g/mol. The molecule has 0 radical (unpaired) electrons. The molecule has 6 heteroatoms. The van der Waals surface area contributed by atoms with Gasteiger partial charge in [0.05, 0.1) is 12.6 Å². The molecule has 3 heterocycles. The molecule has 1 unspecified atom stereocenters. The quantitative estimate of drug-likeness (QED) is 0.824. The van der Waals surface area contributed by atoms with Crippen molar-refractivity contribution in [1.82, 2.24) is 15.5 Å². The highest BCUT2D eigenvalue weighted by Gasteiger charge is 2.28. The monoisotopic (exact) mass is 231 g/mol. The Hall–Kier alpha value is -0.650. The van der Waals surface area contributed by atoms with Crippen LogP contribution in [0.1, 0.15) is 36.5 Å². The first kappa shape index (κ1) is 10.9. The summed E-state index contributed by atoms with van der Waals surface area (Å²) in [6.07, 6.45) is 2.11. The summed E-state index contributed by atoms with van der Waals surface area (Å²) in [5.41, 5.74) is 0. The van der Waals surface area contributed by atoms with Crippen LogP contribution in [0.5, 0.6) is 0 Å². The summed E-state index contributed by atoms with van der Waals surface area (Å²) >= 11 is 0. The number of hydrogen-bond donors (Lipinski definition) is 1. The maximum atomic E-state index is 5.28. The van der Waals surface area contributed by atoms with Crippen molar-refractivity contribution in [2.75, 3.05) is 19.8 Å². The molecule has 2 fully saturated rings. The fourth-order valence-electron chi connectivity index (χ4n) is 1.79. The number of hydrogen-bond acceptors (Lipinski definition) is 5. The van der Waals surface area contributed by atoms with Gasteiger partial charge in [-0.25, -0.2) is 0 Å². The van der Waals surface area contributed by atoms with E-state index >= 15 is 0 Å². The lowest BCUT2D eigenvalue weighted by Crippen LogP contribution is -2.35. The van der Waals surface area contributed by atoms with E-state index < -0.39 is 0 Å². The smallest absolute Gasteiger partial charge is 0.243 e. The Morgan fingerprint density at radius 2 is 2.20 bits per heavy atom. The molecule has 0 amide bonds. The molecule has 84 valence electrons. The van der Waals surface area contributed by atoms with Gasteiger partial charge in [-0.1, -0.05) is 5.16 Å². The molecular formula is C9H14ClN3O2. The van der Waals surface area contributed by atoms with Gasteiger partial charge in [0.1, 0.15) is 0 Å². The van der Waals surface area contributed by atoms with Crippen LogP contribution in [-0.4, -0.2) is 29.9 Å². The van der Waals surface area contributed by atoms with Crippen molar-refractivity contribution in [1.29, 1.82) is 0 Å². The molecule has 2 saturated heterocycles. The van der Waals surface area contributed by atoms with Crippen molar-refractivity contribution in [3.05, 3.63) is 11.7 Å². The Morgan fingerprint density at radius 1 is 1.33 bits per heavy atom. The van der Waals surface area contributed by atoms with Gasteiger partial charge >= 0.3 is 0 Å². The van der Waals surface area contributed by atoms with Crippen LogP contribution >= 0.6 is 12.4 Å². The van der Waals surface area contributed by atoms with Crippen LogP contribution in [0, 0.1) is 0 Å². The summed E-state index contributed by atoms with van der Waals surface area (Å²) in [7, 11) is 0. The first-order valence-corrected chi connectivity index (χ1v) is 5.08. The number of halogens is 1. The van der Waals surface area contributed by atoms with E-state index in [0.29, 0.717) is 12.0 Å². The van der Waals surface area contributed by atoms with Gasteiger partial charge in [-0.05, 0) is 19.4 Å². The third-order valence-corrected chi connectivity index (χ3v) is 2.87. The second kappa shape index (κ2) is 4.47. The van der Waals surface area contributed by atoms with Crippen LogP contribution in [0.2, 0.25) is 0 Å². The first-order chi connectivity index (χ1) is 6.93. The van der Waals surface area contributed by atoms with Crippen molar-refractivity contribution in [3.8, 4) is 0 Å². The van der Waals surface area contributed by atoms with Gasteiger partial charge in [0, 0.05) is 12.5 Å². The van der Waals surface area contributed by atoms with Crippen molar-refractivity contribution in [2.24, 2.45) is 0 Å². The van der Waals surface area contributed by atoms with Gasteiger partial charge in [-0.15, -0.1) is 12.4 Å². The zero-order valence-electron chi connectivity index (χ0n) is 8.31. The Labute approximate surface area is 94.0 Å². The summed E-state index contributed by atoms with van der Waals surface area (Å²) in [6, 6.07) is 0.290. The molecule has 0 saturated carbocycles. The van der Waals surface area contributed by atoms with E-state index in [2.05, 4.69) is 15.5 Å². The SMILES string of the molecule is C1C[C@H](c2nc(C3CCOC3)no2)N1.Cl. The van der Waals surface area contributed by atoms with Crippen LogP contribution in [0.4, 0.5) is 0 Å². The van der Waals surface area contributed by atoms with E-state index in [1.54, 1.807) is 0 Å². The number of nitrogens with one attached hydrogen (secondary N) is 1. The highest BCUT2D eigenvalue weighted by Crippen LogP contribution is 2.26. The van der Waals surface area contributed by atoms with Gasteiger partial charge in [0.2, 0.25) is 5.89 Å². The van der Waals surface area contributed by atoms with E-state index in [-0.39, 0.29) is 12.4 Å². The Morgan fingerprint density at radius 3 is 2.80 bits per heavy atom. The van der Waals surface area contributed by atoms with E-state index in [9.17, 15) is 0 Å². The van der Waals surface area contributed by atoms with Crippen molar-refractivity contribution < 1.29 is 9.26 Å². The first-order valence-electron chi connectivity index (χ1n) is 5.08. The van der Waals surface area contributed by atoms with Gasteiger partial charge in [-0.3, -0.25) is 0 Å². The minimum Gasteiger partial charge on any atom is -0.381 e. The topological polar surface area (TPSA) is 60.2 Å². The molecule has 15 heavy (non-hydrogen) atoms. The molecule has 2 aliphatic rings. The Bertz CT molecular complexity index is 321. The van der Waals surface area contributed by atoms with Crippen LogP contribution in [-0.2, 0) is 4.74 Å². The van der Waals surface area contributed by atoms with E-state index in [4.69, 9.17) is 9.26 Å². The molecule has 1 aromatic heterocycles. The minimum atomic E-state index is 0. The van der Waals surface area contributed by atoms with Crippen LogP contribution in [0.3, 0.4) is 0 Å². The van der Waals surface area contributed by atoms with E-state index in [0.717, 1.165) is 44.3 Å². The Balaban J connectivity index is 0.000000853. The van der Waals surface area contributed by atoms with Gasteiger partial charge in [0.15, 0.2) is 5.82 Å². The molecule has 1 N–H and O–H groups in total. The predicted octanol–water partition coefficient (Wildman–Crippen LogP) is 1.03. The molecule has 5 nitrogen and oxygen atoms in total. The van der Waals surface area contributed by atoms with Gasteiger partial charge in [-0.2, -0.15) is 4.98 Å². The Kier molecular flexibility index (Phi) is 3.23. The second-order valence-electron chi connectivity index (χ2n) is 3.85. The minimum absolute atomic E-state index is 0. The zero-order chi connectivity index (χ0) is 9.38.